The fraction of sp³-hybridized carbons (Fsp3) is 0.471. The number of aromatic nitrogens is 2. The van der Waals surface area contributed by atoms with Gasteiger partial charge in [0.2, 0.25) is 5.91 Å². The molecule has 0 aliphatic carbocycles. The van der Waals surface area contributed by atoms with Crippen molar-refractivity contribution in [2.45, 2.75) is 26.8 Å². The van der Waals surface area contributed by atoms with Crippen LogP contribution in [0.1, 0.15) is 20.3 Å². The molecule has 1 aliphatic heterocycles. The Kier molecular flexibility index (Phi) is 4.53. The smallest absolute Gasteiger partial charge is 0.261 e. The summed E-state index contributed by atoms with van der Waals surface area (Å²) >= 11 is 3.37. The first-order chi connectivity index (χ1) is 10.9. The number of hydrogen-bond acceptors (Lipinski definition) is 3. The zero-order valence-electron chi connectivity index (χ0n) is 13.3. The number of piperidine rings is 1. The molecule has 0 radical (unpaired) electrons. The van der Waals surface area contributed by atoms with Gasteiger partial charge in [-0.1, -0.05) is 29.8 Å². The van der Waals surface area contributed by atoms with E-state index in [-0.39, 0.29) is 18.0 Å². The molecular weight excluding hydrogens is 358 g/mol. The molecule has 1 aromatic carbocycles. The number of likely N-dealkylation sites (tertiary alicyclic amines) is 1. The highest BCUT2D eigenvalue weighted by atomic mass is 79.9. The molecule has 0 spiro atoms. The van der Waals surface area contributed by atoms with Crippen molar-refractivity contribution >= 4 is 32.7 Å². The Morgan fingerprint density at radius 2 is 2.00 bits per heavy atom. The van der Waals surface area contributed by atoms with Gasteiger partial charge in [0.25, 0.3) is 5.56 Å². The third-order valence-electron chi connectivity index (χ3n) is 4.31. The van der Waals surface area contributed by atoms with Gasteiger partial charge in [-0.25, -0.2) is 4.98 Å². The van der Waals surface area contributed by atoms with E-state index in [1.807, 2.05) is 11.0 Å². The molecular formula is C17H20BrN3O2. The van der Waals surface area contributed by atoms with Crippen molar-refractivity contribution in [2.24, 2.45) is 11.8 Å². The molecule has 122 valence electrons. The first-order valence-corrected chi connectivity index (χ1v) is 8.66. The van der Waals surface area contributed by atoms with Crippen LogP contribution in [-0.4, -0.2) is 33.4 Å². The van der Waals surface area contributed by atoms with Gasteiger partial charge >= 0.3 is 0 Å². The molecule has 2 atom stereocenters. The van der Waals surface area contributed by atoms with Crippen molar-refractivity contribution in [3.8, 4) is 0 Å². The van der Waals surface area contributed by atoms with E-state index in [1.54, 1.807) is 12.1 Å². The zero-order chi connectivity index (χ0) is 16.6. The first-order valence-electron chi connectivity index (χ1n) is 7.86. The molecule has 0 bridgehead atoms. The van der Waals surface area contributed by atoms with E-state index < -0.39 is 0 Å². The molecule has 1 aliphatic rings. The van der Waals surface area contributed by atoms with Gasteiger partial charge in [-0.2, -0.15) is 0 Å². The second kappa shape index (κ2) is 6.43. The molecule has 23 heavy (non-hydrogen) atoms. The fourth-order valence-electron chi connectivity index (χ4n) is 3.36. The number of halogens is 1. The van der Waals surface area contributed by atoms with Crippen molar-refractivity contribution in [3.05, 3.63) is 39.4 Å². The summed E-state index contributed by atoms with van der Waals surface area (Å²) in [5.74, 6) is 0.997. The van der Waals surface area contributed by atoms with Gasteiger partial charge in [-0.05, 0) is 36.5 Å². The molecule has 1 aromatic heterocycles. The molecule has 1 saturated heterocycles. The van der Waals surface area contributed by atoms with Gasteiger partial charge in [0.15, 0.2) is 0 Å². The lowest BCUT2D eigenvalue weighted by molar-refractivity contribution is -0.134. The van der Waals surface area contributed by atoms with Crippen molar-refractivity contribution in [2.75, 3.05) is 13.1 Å². The molecule has 3 rings (SSSR count). The van der Waals surface area contributed by atoms with Gasteiger partial charge in [0, 0.05) is 17.6 Å². The minimum atomic E-state index is -0.178. The summed E-state index contributed by atoms with van der Waals surface area (Å²) in [6.07, 6.45) is 2.61. The summed E-state index contributed by atoms with van der Waals surface area (Å²) in [5.41, 5.74) is 0.463. The molecule has 5 nitrogen and oxygen atoms in total. The van der Waals surface area contributed by atoms with Gasteiger partial charge in [-0.3, -0.25) is 14.2 Å². The normalized spacial score (nSPS) is 21.6. The number of carbonyl (C=O) groups excluding carboxylic acids is 1. The monoisotopic (exact) mass is 377 g/mol. The molecule has 0 N–H and O–H groups in total. The van der Waals surface area contributed by atoms with Gasteiger partial charge < -0.3 is 4.90 Å². The topological polar surface area (TPSA) is 55.2 Å². The van der Waals surface area contributed by atoms with Crippen LogP contribution < -0.4 is 5.56 Å². The highest BCUT2D eigenvalue weighted by molar-refractivity contribution is 9.10. The quantitative estimate of drug-likeness (QED) is 0.808. The second-order valence-electron chi connectivity index (χ2n) is 6.58. The third-order valence-corrected chi connectivity index (χ3v) is 4.81. The number of nitrogens with zero attached hydrogens (tertiary/aromatic N) is 3. The molecule has 2 heterocycles. The maximum Gasteiger partial charge on any atom is 0.261 e. The number of rotatable bonds is 2. The minimum Gasteiger partial charge on any atom is -0.341 e. The van der Waals surface area contributed by atoms with Gasteiger partial charge in [0.1, 0.15) is 6.54 Å². The van der Waals surface area contributed by atoms with Crippen LogP contribution in [0.25, 0.3) is 10.9 Å². The highest BCUT2D eigenvalue weighted by Gasteiger charge is 2.25. The maximum absolute atomic E-state index is 12.6. The van der Waals surface area contributed by atoms with Crippen LogP contribution in [0.15, 0.2) is 33.8 Å². The maximum atomic E-state index is 12.6. The lowest BCUT2D eigenvalue weighted by atomic mass is 9.92. The molecule has 0 unspecified atom stereocenters. The number of benzene rings is 1. The number of hydrogen-bond donors (Lipinski definition) is 0. The summed E-state index contributed by atoms with van der Waals surface area (Å²) < 4.78 is 2.23. The van der Waals surface area contributed by atoms with Crippen LogP contribution in [0.4, 0.5) is 0 Å². The molecule has 1 amide bonds. The van der Waals surface area contributed by atoms with E-state index in [1.165, 1.54) is 10.9 Å². The Balaban J connectivity index is 1.85. The SMILES string of the molecule is C[C@H]1C[C@H](C)CN(C(=O)Cn2cnc3ccc(Br)cc3c2=O)C1. The summed E-state index contributed by atoms with van der Waals surface area (Å²) in [6.45, 7) is 5.91. The Morgan fingerprint density at radius 1 is 1.30 bits per heavy atom. The van der Waals surface area contributed by atoms with Crippen molar-refractivity contribution in [1.29, 1.82) is 0 Å². The summed E-state index contributed by atoms with van der Waals surface area (Å²) in [5, 5.41) is 0.523. The third kappa shape index (κ3) is 3.47. The second-order valence-corrected chi connectivity index (χ2v) is 7.50. The average Bonchev–Trinajstić information content (AvgIpc) is 2.49. The highest BCUT2D eigenvalue weighted by Crippen LogP contribution is 2.21. The summed E-state index contributed by atoms with van der Waals surface area (Å²) in [7, 11) is 0. The minimum absolute atomic E-state index is 0.0124. The van der Waals surface area contributed by atoms with Crippen LogP contribution >= 0.6 is 15.9 Å². The van der Waals surface area contributed by atoms with E-state index in [2.05, 4.69) is 34.8 Å². The van der Waals surface area contributed by atoms with Crippen molar-refractivity contribution in [1.82, 2.24) is 14.5 Å². The van der Waals surface area contributed by atoms with Crippen LogP contribution in [-0.2, 0) is 11.3 Å². The van der Waals surface area contributed by atoms with Crippen LogP contribution in [0.2, 0.25) is 0 Å². The standard InChI is InChI=1S/C17H20BrN3O2/c1-11-5-12(2)8-20(7-11)16(22)9-21-10-19-15-4-3-13(18)6-14(15)17(21)23/h3-4,6,10-12H,5,7-9H2,1-2H3/t11-,12-/m0/s1. The van der Waals surface area contributed by atoms with Crippen LogP contribution in [0.3, 0.4) is 0 Å². The average molecular weight is 378 g/mol. The number of carbonyl (C=O) groups is 1. The predicted octanol–water partition coefficient (Wildman–Crippen LogP) is 2.66. The Hall–Kier alpha value is -1.69. The largest absolute Gasteiger partial charge is 0.341 e. The van der Waals surface area contributed by atoms with Crippen LogP contribution in [0, 0.1) is 11.8 Å². The lowest BCUT2D eigenvalue weighted by Crippen LogP contribution is -2.44. The Morgan fingerprint density at radius 3 is 2.70 bits per heavy atom. The number of fused-ring (bicyclic) bond motifs is 1. The predicted molar refractivity (Wildman–Crippen MR) is 93.2 cm³/mol. The number of amides is 1. The lowest BCUT2D eigenvalue weighted by Gasteiger charge is -2.35. The van der Waals surface area contributed by atoms with Gasteiger partial charge in [0.05, 0.1) is 17.2 Å². The van der Waals surface area contributed by atoms with Crippen molar-refractivity contribution in [3.63, 3.8) is 0 Å². The zero-order valence-corrected chi connectivity index (χ0v) is 14.9. The van der Waals surface area contributed by atoms with Gasteiger partial charge in [-0.15, -0.1) is 0 Å². The molecule has 2 aromatic rings. The molecule has 1 fully saturated rings. The van der Waals surface area contributed by atoms with Crippen molar-refractivity contribution < 1.29 is 4.79 Å². The first kappa shape index (κ1) is 16.2. The Labute approximate surface area is 143 Å². The molecule has 6 heteroatoms. The van der Waals surface area contributed by atoms with E-state index in [9.17, 15) is 9.59 Å². The van der Waals surface area contributed by atoms with E-state index >= 15 is 0 Å². The molecule has 0 saturated carbocycles. The summed E-state index contributed by atoms with van der Waals surface area (Å²) in [4.78, 5) is 31.3. The summed E-state index contributed by atoms with van der Waals surface area (Å²) in [6, 6.07) is 5.39. The van der Waals surface area contributed by atoms with E-state index in [0.29, 0.717) is 22.7 Å². The van der Waals surface area contributed by atoms with E-state index in [0.717, 1.165) is 24.0 Å². The Bertz CT molecular complexity index is 792. The fourth-order valence-corrected chi connectivity index (χ4v) is 3.72. The van der Waals surface area contributed by atoms with E-state index in [4.69, 9.17) is 0 Å². The van der Waals surface area contributed by atoms with Crippen LogP contribution in [0.5, 0.6) is 0 Å².